The number of hydrogen-bond acceptors (Lipinski definition) is 3. The van der Waals surface area contributed by atoms with Crippen molar-refractivity contribution in [1.29, 1.82) is 0 Å². The molecule has 0 saturated carbocycles. The molecule has 2 atom stereocenters. The van der Waals surface area contributed by atoms with Crippen molar-refractivity contribution in [1.82, 2.24) is 4.90 Å². The van der Waals surface area contributed by atoms with Crippen molar-refractivity contribution in [2.24, 2.45) is 5.92 Å². The van der Waals surface area contributed by atoms with E-state index in [1.165, 1.54) is 19.3 Å². The number of rotatable bonds is 6. The summed E-state index contributed by atoms with van der Waals surface area (Å²) in [5.41, 5.74) is 0. The summed E-state index contributed by atoms with van der Waals surface area (Å²) in [5, 5.41) is 10.7. The summed E-state index contributed by atoms with van der Waals surface area (Å²) in [6, 6.07) is 7.36. The van der Waals surface area contributed by atoms with E-state index in [1.807, 2.05) is 18.2 Å². The van der Waals surface area contributed by atoms with Crippen molar-refractivity contribution >= 4 is 11.6 Å². The Balaban J connectivity index is 1.75. The van der Waals surface area contributed by atoms with E-state index in [-0.39, 0.29) is 6.61 Å². The molecule has 0 amide bonds. The third kappa shape index (κ3) is 4.65. The first kappa shape index (κ1) is 15.6. The summed E-state index contributed by atoms with van der Waals surface area (Å²) in [5.74, 6) is 1.42. The van der Waals surface area contributed by atoms with Gasteiger partial charge in [0.25, 0.3) is 0 Å². The fourth-order valence-electron chi connectivity index (χ4n) is 2.75. The molecule has 1 aromatic carbocycles. The molecule has 0 spiro atoms. The second kappa shape index (κ2) is 7.87. The van der Waals surface area contributed by atoms with Gasteiger partial charge in [-0.25, -0.2) is 0 Å². The van der Waals surface area contributed by atoms with Crippen LogP contribution in [0.15, 0.2) is 24.3 Å². The first-order valence-electron chi connectivity index (χ1n) is 7.46. The highest BCUT2D eigenvalue weighted by Crippen LogP contribution is 2.23. The van der Waals surface area contributed by atoms with Gasteiger partial charge in [0, 0.05) is 13.1 Å². The fraction of sp³-hybridized carbons (Fsp3) is 0.625. The lowest BCUT2D eigenvalue weighted by atomic mass is 9.95. The fourth-order valence-corrected chi connectivity index (χ4v) is 2.94. The van der Waals surface area contributed by atoms with E-state index in [2.05, 4.69) is 11.8 Å². The Kier molecular flexibility index (Phi) is 6.14. The van der Waals surface area contributed by atoms with Crippen molar-refractivity contribution in [3.63, 3.8) is 0 Å². The topological polar surface area (TPSA) is 32.7 Å². The molecule has 2 rings (SSSR count). The van der Waals surface area contributed by atoms with Gasteiger partial charge >= 0.3 is 0 Å². The van der Waals surface area contributed by atoms with E-state index < -0.39 is 6.10 Å². The molecule has 0 bridgehead atoms. The summed E-state index contributed by atoms with van der Waals surface area (Å²) in [7, 11) is 0. The van der Waals surface area contributed by atoms with Crippen LogP contribution in [0.1, 0.15) is 26.2 Å². The van der Waals surface area contributed by atoms with Crippen LogP contribution < -0.4 is 4.74 Å². The number of para-hydroxylation sites is 1. The van der Waals surface area contributed by atoms with Gasteiger partial charge in [0.15, 0.2) is 0 Å². The molecule has 1 saturated heterocycles. The summed E-state index contributed by atoms with van der Waals surface area (Å²) >= 11 is 6.02. The van der Waals surface area contributed by atoms with Crippen molar-refractivity contribution < 1.29 is 9.84 Å². The van der Waals surface area contributed by atoms with Crippen LogP contribution in [0.3, 0.4) is 0 Å². The first-order valence-corrected chi connectivity index (χ1v) is 7.84. The molecule has 0 aliphatic carbocycles. The standard InChI is InChI=1S/C16H24ClNO2/c1-2-13-6-5-9-18(10-13)11-14(19)12-20-16-8-4-3-7-15(16)17/h3-4,7-8,13-14,19H,2,5-6,9-12H2,1H3. The minimum atomic E-state index is -0.470. The number of piperidine rings is 1. The first-order chi connectivity index (χ1) is 9.69. The van der Waals surface area contributed by atoms with Crippen LogP contribution in [0, 0.1) is 5.92 Å². The van der Waals surface area contributed by atoms with Gasteiger partial charge in [0.1, 0.15) is 18.5 Å². The largest absolute Gasteiger partial charge is 0.489 e. The van der Waals surface area contributed by atoms with E-state index >= 15 is 0 Å². The van der Waals surface area contributed by atoms with Crippen molar-refractivity contribution in [2.75, 3.05) is 26.2 Å². The normalized spacial score (nSPS) is 21.6. The van der Waals surface area contributed by atoms with E-state index in [0.717, 1.165) is 19.0 Å². The van der Waals surface area contributed by atoms with Crippen LogP contribution in [0.5, 0.6) is 5.75 Å². The molecule has 0 aromatic heterocycles. The minimum absolute atomic E-state index is 0.289. The van der Waals surface area contributed by atoms with E-state index in [0.29, 0.717) is 17.3 Å². The molecule has 1 heterocycles. The van der Waals surface area contributed by atoms with Crippen LogP contribution in [0.2, 0.25) is 5.02 Å². The molecule has 1 aliphatic heterocycles. The zero-order chi connectivity index (χ0) is 14.4. The highest BCUT2D eigenvalue weighted by atomic mass is 35.5. The minimum Gasteiger partial charge on any atom is -0.489 e. The Hall–Kier alpha value is -0.770. The van der Waals surface area contributed by atoms with Gasteiger partial charge < -0.3 is 14.7 Å². The molecule has 20 heavy (non-hydrogen) atoms. The van der Waals surface area contributed by atoms with Gasteiger partial charge in [-0.05, 0) is 37.4 Å². The highest BCUT2D eigenvalue weighted by Gasteiger charge is 2.20. The monoisotopic (exact) mass is 297 g/mol. The molecule has 1 fully saturated rings. The third-order valence-electron chi connectivity index (χ3n) is 3.92. The number of aliphatic hydroxyl groups is 1. The van der Waals surface area contributed by atoms with Gasteiger partial charge in [-0.3, -0.25) is 0 Å². The molecule has 1 aromatic rings. The predicted octanol–water partition coefficient (Wildman–Crippen LogP) is 3.20. The van der Waals surface area contributed by atoms with Crippen LogP contribution in [0.4, 0.5) is 0 Å². The Labute approximate surface area is 126 Å². The quantitative estimate of drug-likeness (QED) is 0.875. The van der Waals surface area contributed by atoms with Crippen LogP contribution in [-0.4, -0.2) is 42.4 Å². The molecule has 0 radical (unpaired) electrons. The Morgan fingerprint density at radius 2 is 2.25 bits per heavy atom. The third-order valence-corrected chi connectivity index (χ3v) is 4.23. The lowest BCUT2D eigenvalue weighted by Crippen LogP contribution is -2.41. The Bertz CT molecular complexity index is 413. The number of β-amino-alcohol motifs (C(OH)–C–C–N with tert-alkyl or cyclic N) is 1. The summed E-state index contributed by atoms with van der Waals surface area (Å²) < 4.78 is 5.58. The van der Waals surface area contributed by atoms with Crippen molar-refractivity contribution in [2.45, 2.75) is 32.3 Å². The number of nitrogens with zero attached hydrogens (tertiary/aromatic N) is 1. The van der Waals surface area contributed by atoms with Crippen molar-refractivity contribution in [3.05, 3.63) is 29.3 Å². The number of benzene rings is 1. The molecule has 1 N–H and O–H groups in total. The molecule has 112 valence electrons. The van der Waals surface area contributed by atoms with Gasteiger partial charge in [0.2, 0.25) is 0 Å². The van der Waals surface area contributed by atoms with Crippen molar-refractivity contribution in [3.8, 4) is 5.75 Å². The number of likely N-dealkylation sites (tertiary alicyclic amines) is 1. The number of halogens is 1. The summed E-state index contributed by atoms with van der Waals surface area (Å²) in [4.78, 5) is 2.35. The maximum Gasteiger partial charge on any atom is 0.138 e. The van der Waals surface area contributed by atoms with Crippen LogP contribution >= 0.6 is 11.6 Å². The molecular weight excluding hydrogens is 274 g/mol. The highest BCUT2D eigenvalue weighted by molar-refractivity contribution is 6.32. The van der Waals surface area contributed by atoms with Crippen LogP contribution in [-0.2, 0) is 0 Å². The zero-order valence-electron chi connectivity index (χ0n) is 12.1. The lowest BCUT2D eigenvalue weighted by Gasteiger charge is -2.33. The maximum absolute atomic E-state index is 10.1. The number of ether oxygens (including phenoxy) is 1. The van der Waals surface area contributed by atoms with E-state index in [9.17, 15) is 5.11 Å². The number of hydrogen-bond donors (Lipinski definition) is 1. The zero-order valence-corrected chi connectivity index (χ0v) is 12.9. The van der Waals surface area contributed by atoms with Gasteiger partial charge in [0.05, 0.1) is 5.02 Å². The molecule has 1 aliphatic rings. The molecule has 3 nitrogen and oxygen atoms in total. The SMILES string of the molecule is CCC1CCCN(CC(O)COc2ccccc2Cl)C1. The summed E-state index contributed by atoms with van der Waals surface area (Å²) in [6.07, 6.45) is 3.31. The van der Waals surface area contributed by atoms with Gasteiger partial charge in [-0.2, -0.15) is 0 Å². The Morgan fingerprint density at radius 3 is 3.00 bits per heavy atom. The second-order valence-corrected chi connectivity index (χ2v) is 5.98. The van der Waals surface area contributed by atoms with E-state index in [4.69, 9.17) is 16.3 Å². The second-order valence-electron chi connectivity index (χ2n) is 5.57. The average Bonchev–Trinajstić information content (AvgIpc) is 2.46. The molecule has 4 heteroatoms. The van der Waals surface area contributed by atoms with Crippen LogP contribution in [0.25, 0.3) is 0 Å². The van der Waals surface area contributed by atoms with Gasteiger partial charge in [-0.15, -0.1) is 0 Å². The molecular formula is C16H24ClNO2. The van der Waals surface area contributed by atoms with Gasteiger partial charge in [-0.1, -0.05) is 37.1 Å². The van der Waals surface area contributed by atoms with E-state index in [1.54, 1.807) is 6.07 Å². The maximum atomic E-state index is 10.1. The average molecular weight is 298 g/mol. The number of aliphatic hydroxyl groups excluding tert-OH is 1. The lowest BCUT2D eigenvalue weighted by molar-refractivity contribution is 0.0515. The summed E-state index contributed by atoms with van der Waals surface area (Å²) in [6.45, 7) is 5.39. The predicted molar refractivity (Wildman–Crippen MR) is 82.4 cm³/mol. The smallest absolute Gasteiger partial charge is 0.138 e. The Morgan fingerprint density at radius 1 is 1.45 bits per heavy atom. The molecule has 2 unspecified atom stereocenters.